The Bertz CT molecular complexity index is 557. The average molecular weight is 287 g/mol. The molecule has 0 radical (unpaired) electrons. The molecule has 0 saturated heterocycles. The van der Waals surface area contributed by atoms with Gasteiger partial charge in [0.1, 0.15) is 0 Å². The predicted octanol–water partition coefficient (Wildman–Crippen LogP) is 0.318. The molecule has 8 heteroatoms. The number of sulfonamides is 1. The normalized spacial score (nSPS) is 11.2. The number of nitrogens with two attached hydrogens (primary N) is 1. The molecule has 0 aromatic heterocycles. The molecule has 19 heavy (non-hydrogen) atoms. The molecule has 0 heterocycles. The van der Waals surface area contributed by atoms with Crippen LogP contribution in [0.3, 0.4) is 0 Å². The highest BCUT2D eigenvalue weighted by Gasteiger charge is 2.09. The monoisotopic (exact) mass is 287 g/mol. The molecule has 1 aromatic rings. The van der Waals surface area contributed by atoms with Crippen LogP contribution in [0.2, 0.25) is 0 Å². The van der Waals surface area contributed by atoms with Gasteiger partial charge in [-0.3, -0.25) is 0 Å². The average Bonchev–Trinajstić information content (AvgIpc) is 2.30. The van der Waals surface area contributed by atoms with Crippen LogP contribution in [0.1, 0.15) is 17.3 Å². The van der Waals surface area contributed by atoms with Crippen LogP contribution >= 0.6 is 0 Å². The Morgan fingerprint density at radius 3 is 2.63 bits per heavy atom. The van der Waals surface area contributed by atoms with Crippen molar-refractivity contribution < 1.29 is 18.3 Å². The summed E-state index contributed by atoms with van der Waals surface area (Å²) in [6, 6.07) is 4.24. The Hall–Kier alpha value is -1.80. The van der Waals surface area contributed by atoms with Crippen LogP contribution in [0.5, 0.6) is 0 Å². The van der Waals surface area contributed by atoms with Gasteiger partial charge in [0, 0.05) is 13.1 Å². The molecule has 0 aliphatic carbocycles. The van der Waals surface area contributed by atoms with Gasteiger partial charge in [0.25, 0.3) is 0 Å². The van der Waals surface area contributed by atoms with E-state index in [1.165, 1.54) is 18.2 Å². The zero-order valence-corrected chi connectivity index (χ0v) is 11.3. The summed E-state index contributed by atoms with van der Waals surface area (Å²) in [6.45, 7) is 2.23. The molecule has 0 bridgehead atoms. The minimum Gasteiger partial charge on any atom is -0.478 e. The second kappa shape index (κ2) is 6.39. The number of carbonyl (C=O) groups is 1. The fourth-order valence-electron chi connectivity index (χ4n) is 1.47. The second-order valence-corrected chi connectivity index (χ2v) is 5.78. The number of carboxylic acid groups (broad SMARTS) is 1. The first-order chi connectivity index (χ1) is 8.85. The standard InChI is InChI=1S/C11H17N3O4S/c1-2-14-19(17,18)6-5-13-10-4-3-8(11(15)16)7-9(10)12/h3-4,7,13-14H,2,5-6,12H2,1H3,(H,15,16). The molecule has 5 N–H and O–H groups in total. The van der Waals surface area contributed by atoms with E-state index in [0.717, 1.165) is 0 Å². The van der Waals surface area contributed by atoms with E-state index in [4.69, 9.17) is 10.8 Å². The van der Waals surface area contributed by atoms with E-state index in [2.05, 4.69) is 10.0 Å². The van der Waals surface area contributed by atoms with Crippen molar-refractivity contribution in [2.45, 2.75) is 6.92 Å². The Labute approximate surface area is 111 Å². The number of rotatable bonds is 7. The fraction of sp³-hybridized carbons (Fsp3) is 0.364. The van der Waals surface area contributed by atoms with Crippen LogP contribution in [-0.2, 0) is 10.0 Å². The third kappa shape index (κ3) is 4.76. The zero-order chi connectivity index (χ0) is 14.5. The zero-order valence-electron chi connectivity index (χ0n) is 10.5. The summed E-state index contributed by atoms with van der Waals surface area (Å²) in [6.07, 6.45) is 0. The molecule has 0 atom stereocenters. The first kappa shape index (κ1) is 15.3. The number of hydrogen-bond acceptors (Lipinski definition) is 5. The quantitative estimate of drug-likeness (QED) is 0.536. The van der Waals surface area contributed by atoms with Gasteiger partial charge in [-0.15, -0.1) is 0 Å². The summed E-state index contributed by atoms with van der Waals surface area (Å²) in [7, 11) is -3.28. The Kier molecular flexibility index (Phi) is 5.13. The molecule has 0 spiro atoms. The summed E-state index contributed by atoms with van der Waals surface area (Å²) in [4.78, 5) is 10.7. The van der Waals surface area contributed by atoms with E-state index in [0.29, 0.717) is 12.2 Å². The van der Waals surface area contributed by atoms with Gasteiger partial charge in [0.2, 0.25) is 10.0 Å². The van der Waals surface area contributed by atoms with Gasteiger partial charge in [-0.1, -0.05) is 6.92 Å². The molecule has 0 aliphatic rings. The highest BCUT2D eigenvalue weighted by Crippen LogP contribution is 2.19. The first-order valence-electron chi connectivity index (χ1n) is 5.69. The van der Waals surface area contributed by atoms with Crippen LogP contribution in [0.15, 0.2) is 18.2 Å². The van der Waals surface area contributed by atoms with Gasteiger partial charge in [-0.2, -0.15) is 0 Å². The van der Waals surface area contributed by atoms with E-state index in [1.54, 1.807) is 6.92 Å². The van der Waals surface area contributed by atoms with E-state index < -0.39 is 16.0 Å². The lowest BCUT2D eigenvalue weighted by Gasteiger charge is -2.10. The predicted molar refractivity (Wildman–Crippen MR) is 73.8 cm³/mol. The maximum absolute atomic E-state index is 11.4. The topological polar surface area (TPSA) is 122 Å². The van der Waals surface area contributed by atoms with Crippen molar-refractivity contribution in [1.29, 1.82) is 0 Å². The van der Waals surface area contributed by atoms with E-state index in [9.17, 15) is 13.2 Å². The van der Waals surface area contributed by atoms with Gasteiger partial charge >= 0.3 is 5.97 Å². The summed E-state index contributed by atoms with van der Waals surface area (Å²) in [5.41, 5.74) is 6.54. The smallest absolute Gasteiger partial charge is 0.335 e. The molecule has 106 valence electrons. The molecular weight excluding hydrogens is 270 g/mol. The fourth-order valence-corrected chi connectivity index (χ4v) is 2.42. The summed E-state index contributed by atoms with van der Waals surface area (Å²) in [5, 5.41) is 11.6. The van der Waals surface area contributed by atoms with E-state index in [-0.39, 0.29) is 23.5 Å². The maximum atomic E-state index is 11.4. The van der Waals surface area contributed by atoms with Crippen LogP contribution in [-0.4, -0.2) is 38.3 Å². The number of hydrogen-bond donors (Lipinski definition) is 4. The molecule has 0 fully saturated rings. The lowest BCUT2D eigenvalue weighted by molar-refractivity contribution is 0.0697. The van der Waals surface area contributed by atoms with Crippen molar-refractivity contribution in [3.63, 3.8) is 0 Å². The highest BCUT2D eigenvalue weighted by atomic mass is 32.2. The van der Waals surface area contributed by atoms with Gasteiger partial charge in [0.15, 0.2) is 0 Å². The number of nitrogen functional groups attached to an aromatic ring is 1. The highest BCUT2D eigenvalue weighted by molar-refractivity contribution is 7.89. The van der Waals surface area contributed by atoms with Crippen LogP contribution in [0.4, 0.5) is 11.4 Å². The molecule has 1 rings (SSSR count). The van der Waals surface area contributed by atoms with Crippen molar-refractivity contribution in [2.24, 2.45) is 0 Å². The largest absolute Gasteiger partial charge is 0.478 e. The number of aromatic carboxylic acids is 1. The SMILES string of the molecule is CCNS(=O)(=O)CCNc1ccc(C(=O)O)cc1N. The molecule has 1 aromatic carbocycles. The molecular formula is C11H17N3O4S. The number of nitrogens with one attached hydrogen (secondary N) is 2. The third-order valence-electron chi connectivity index (χ3n) is 2.35. The van der Waals surface area contributed by atoms with Crippen LogP contribution in [0, 0.1) is 0 Å². The molecule has 7 nitrogen and oxygen atoms in total. The minimum atomic E-state index is -3.28. The second-order valence-electron chi connectivity index (χ2n) is 3.85. The summed E-state index contributed by atoms with van der Waals surface area (Å²) >= 11 is 0. The summed E-state index contributed by atoms with van der Waals surface area (Å²) < 4.78 is 25.1. The van der Waals surface area contributed by atoms with Crippen LogP contribution in [0.25, 0.3) is 0 Å². The van der Waals surface area contributed by atoms with Gasteiger partial charge in [-0.05, 0) is 18.2 Å². The van der Waals surface area contributed by atoms with Crippen molar-refractivity contribution in [2.75, 3.05) is 29.9 Å². The first-order valence-corrected chi connectivity index (χ1v) is 7.35. The number of benzene rings is 1. The molecule has 0 aliphatic heterocycles. The van der Waals surface area contributed by atoms with E-state index in [1.807, 2.05) is 0 Å². The lowest BCUT2D eigenvalue weighted by Crippen LogP contribution is -2.29. The molecule has 0 saturated carbocycles. The van der Waals surface area contributed by atoms with Crippen molar-refractivity contribution in [3.05, 3.63) is 23.8 Å². The van der Waals surface area contributed by atoms with Crippen molar-refractivity contribution in [1.82, 2.24) is 4.72 Å². The van der Waals surface area contributed by atoms with Gasteiger partial charge in [-0.25, -0.2) is 17.9 Å². The Balaban J connectivity index is 2.62. The number of carboxylic acids is 1. The lowest BCUT2D eigenvalue weighted by atomic mass is 10.2. The molecule has 0 unspecified atom stereocenters. The van der Waals surface area contributed by atoms with Crippen molar-refractivity contribution in [3.8, 4) is 0 Å². The van der Waals surface area contributed by atoms with Gasteiger partial charge < -0.3 is 16.2 Å². The summed E-state index contributed by atoms with van der Waals surface area (Å²) in [5.74, 6) is -1.14. The van der Waals surface area contributed by atoms with Crippen LogP contribution < -0.4 is 15.8 Å². The Morgan fingerprint density at radius 2 is 2.11 bits per heavy atom. The maximum Gasteiger partial charge on any atom is 0.335 e. The number of anilines is 2. The van der Waals surface area contributed by atoms with Crippen molar-refractivity contribution >= 4 is 27.4 Å². The third-order valence-corrected chi connectivity index (χ3v) is 3.82. The van der Waals surface area contributed by atoms with E-state index >= 15 is 0 Å². The minimum absolute atomic E-state index is 0.0824. The Morgan fingerprint density at radius 1 is 1.42 bits per heavy atom. The molecule has 0 amide bonds. The van der Waals surface area contributed by atoms with Gasteiger partial charge in [0.05, 0.1) is 22.7 Å².